The van der Waals surface area contributed by atoms with Crippen molar-refractivity contribution in [2.45, 2.75) is 58.4 Å². The Kier molecular flexibility index (Phi) is 13.2. The van der Waals surface area contributed by atoms with Crippen LogP contribution in [0.2, 0.25) is 0 Å². The predicted molar refractivity (Wildman–Crippen MR) is 102 cm³/mol. The number of unbranched alkanes of at least 4 members (excludes halogenated alkanes) is 2. The molecule has 0 aromatic heterocycles. The summed E-state index contributed by atoms with van der Waals surface area (Å²) >= 11 is 0. The molecular formula is C16H32IN3O. The van der Waals surface area contributed by atoms with Crippen LogP contribution >= 0.6 is 24.0 Å². The largest absolute Gasteiger partial charge is 0.377 e. The standard InChI is InChI=1S/C16H31N3O.HI/c1-4-5-6-7-14(2)19-16(17-3)18-11-8-15-9-12-20-13-10-15;/h9,14H,4-8,10-13H2,1-3H3,(H2,17,18,19);1H. The molecule has 124 valence electrons. The molecule has 5 heteroatoms. The summed E-state index contributed by atoms with van der Waals surface area (Å²) in [5.74, 6) is 0.918. The second-order valence-electron chi connectivity index (χ2n) is 5.48. The summed E-state index contributed by atoms with van der Waals surface area (Å²) in [6.45, 7) is 7.05. The van der Waals surface area contributed by atoms with Gasteiger partial charge in [-0.15, -0.1) is 24.0 Å². The fraction of sp³-hybridized carbons (Fsp3) is 0.812. The topological polar surface area (TPSA) is 45.7 Å². The van der Waals surface area contributed by atoms with Crippen LogP contribution in [0.4, 0.5) is 0 Å². The quantitative estimate of drug-likeness (QED) is 0.212. The maximum absolute atomic E-state index is 5.31. The number of nitrogens with zero attached hydrogens (tertiary/aromatic N) is 1. The van der Waals surface area contributed by atoms with Crippen molar-refractivity contribution in [1.82, 2.24) is 10.6 Å². The first-order valence-electron chi connectivity index (χ1n) is 7.99. The van der Waals surface area contributed by atoms with Crippen LogP contribution in [0.15, 0.2) is 16.6 Å². The number of rotatable bonds is 8. The zero-order valence-corrected chi connectivity index (χ0v) is 16.1. The third kappa shape index (κ3) is 10.1. The molecule has 0 saturated heterocycles. The first-order chi connectivity index (χ1) is 9.76. The number of hydrogen-bond acceptors (Lipinski definition) is 2. The number of nitrogens with one attached hydrogen (secondary N) is 2. The van der Waals surface area contributed by atoms with E-state index in [0.717, 1.165) is 38.6 Å². The van der Waals surface area contributed by atoms with Crippen LogP contribution in [0.3, 0.4) is 0 Å². The van der Waals surface area contributed by atoms with Gasteiger partial charge in [-0.25, -0.2) is 0 Å². The first kappa shape index (κ1) is 20.7. The lowest BCUT2D eigenvalue weighted by atomic mass is 10.1. The smallest absolute Gasteiger partial charge is 0.191 e. The van der Waals surface area contributed by atoms with Gasteiger partial charge < -0.3 is 15.4 Å². The summed E-state index contributed by atoms with van der Waals surface area (Å²) in [6.07, 6.45) is 9.43. The molecule has 0 aromatic rings. The minimum atomic E-state index is 0. The van der Waals surface area contributed by atoms with Crippen molar-refractivity contribution in [3.63, 3.8) is 0 Å². The van der Waals surface area contributed by atoms with E-state index in [1.54, 1.807) is 0 Å². The summed E-state index contributed by atoms with van der Waals surface area (Å²) in [5.41, 5.74) is 1.50. The number of aliphatic imine (C=N–C) groups is 1. The van der Waals surface area contributed by atoms with Crippen LogP contribution in [-0.4, -0.2) is 38.8 Å². The van der Waals surface area contributed by atoms with E-state index >= 15 is 0 Å². The van der Waals surface area contributed by atoms with E-state index in [4.69, 9.17) is 4.74 Å². The van der Waals surface area contributed by atoms with Crippen molar-refractivity contribution in [2.24, 2.45) is 4.99 Å². The SMILES string of the molecule is CCCCCC(C)NC(=NC)NCCC1=CCOCC1.I. The lowest BCUT2D eigenvalue weighted by Gasteiger charge is -2.19. The summed E-state index contributed by atoms with van der Waals surface area (Å²) in [5, 5.41) is 6.85. The van der Waals surface area contributed by atoms with Gasteiger partial charge in [0.15, 0.2) is 5.96 Å². The maximum atomic E-state index is 5.31. The van der Waals surface area contributed by atoms with Crippen molar-refractivity contribution >= 4 is 29.9 Å². The highest BCUT2D eigenvalue weighted by atomic mass is 127. The molecule has 4 nitrogen and oxygen atoms in total. The number of guanidine groups is 1. The number of halogens is 1. The van der Waals surface area contributed by atoms with E-state index in [9.17, 15) is 0 Å². The van der Waals surface area contributed by atoms with Gasteiger partial charge >= 0.3 is 0 Å². The van der Waals surface area contributed by atoms with Crippen LogP contribution in [0, 0.1) is 0 Å². The van der Waals surface area contributed by atoms with Crippen molar-refractivity contribution in [2.75, 3.05) is 26.8 Å². The lowest BCUT2D eigenvalue weighted by molar-refractivity contribution is 0.153. The van der Waals surface area contributed by atoms with Crippen LogP contribution in [-0.2, 0) is 4.74 Å². The third-order valence-electron chi connectivity index (χ3n) is 3.64. The van der Waals surface area contributed by atoms with Gasteiger partial charge in [-0.1, -0.05) is 37.8 Å². The Hall–Kier alpha value is -0.300. The highest BCUT2D eigenvalue weighted by Gasteiger charge is 2.06. The highest BCUT2D eigenvalue weighted by molar-refractivity contribution is 14.0. The van der Waals surface area contributed by atoms with E-state index in [1.165, 1.54) is 31.3 Å². The fourth-order valence-electron chi connectivity index (χ4n) is 2.33. The molecule has 0 spiro atoms. The number of ether oxygens (including phenoxy) is 1. The first-order valence-corrected chi connectivity index (χ1v) is 7.99. The van der Waals surface area contributed by atoms with Gasteiger partial charge in [0, 0.05) is 19.6 Å². The summed E-state index contributed by atoms with van der Waals surface area (Å²) in [6, 6.07) is 0.482. The minimum absolute atomic E-state index is 0. The number of hydrogen-bond donors (Lipinski definition) is 2. The van der Waals surface area contributed by atoms with Gasteiger partial charge in [-0.05, 0) is 26.2 Å². The van der Waals surface area contributed by atoms with E-state index in [0.29, 0.717) is 6.04 Å². The molecule has 1 rings (SSSR count). The zero-order chi connectivity index (χ0) is 14.6. The lowest BCUT2D eigenvalue weighted by Crippen LogP contribution is -2.42. The Labute approximate surface area is 147 Å². The Morgan fingerprint density at radius 3 is 2.86 bits per heavy atom. The third-order valence-corrected chi connectivity index (χ3v) is 3.64. The second kappa shape index (κ2) is 13.4. The average molecular weight is 409 g/mol. The van der Waals surface area contributed by atoms with Gasteiger partial charge in [0.1, 0.15) is 0 Å². The molecule has 1 unspecified atom stereocenters. The van der Waals surface area contributed by atoms with Crippen molar-refractivity contribution < 1.29 is 4.74 Å². The van der Waals surface area contributed by atoms with Crippen LogP contribution in [0.1, 0.15) is 52.4 Å². The van der Waals surface area contributed by atoms with Crippen LogP contribution in [0.25, 0.3) is 0 Å². The van der Waals surface area contributed by atoms with Crippen molar-refractivity contribution in [3.8, 4) is 0 Å². The van der Waals surface area contributed by atoms with E-state index in [1.807, 2.05) is 7.05 Å². The van der Waals surface area contributed by atoms with Crippen LogP contribution in [0.5, 0.6) is 0 Å². The van der Waals surface area contributed by atoms with Crippen LogP contribution < -0.4 is 10.6 Å². The molecule has 1 atom stereocenters. The van der Waals surface area contributed by atoms with Gasteiger partial charge in [-0.3, -0.25) is 4.99 Å². The molecule has 0 amide bonds. The summed E-state index contributed by atoms with van der Waals surface area (Å²) in [7, 11) is 1.84. The molecule has 0 bridgehead atoms. The molecule has 0 aliphatic carbocycles. The highest BCUT2D eigenvalue weighted by Crippen LogP contribution is 2.10. The maximum Gasteiger partial charge on any atom is 0.191 e. The fourth-order valence-corrected chi connectivity index (χ4v) is 2.33. The monoisotopic (exact) mass is 409 g/mol. The van der Waals surface area contributed by atoms with E-state index in [2.05, 4.69) is 35.5 Å². The molecule has 0 aromatic carbocycles. The van der Waals surface area contributed by atoms with E-state index in [-0.39, 0.29) is 24.0 Å². The Morgan fingerprint density at radius 1 is 1.43 bits per heavy atom. The normalized spacial score (nSPS) is 16.7. The Morgan fingerprint density at radius 2 is 2.24 bits per heavy atom. The van der Waals surface area contributed by atoms with Crippen molar-refractivity contribution in [1.29, 1.82) is 0 Å². The van der Waals surface area contributed by atoms with Gasteiger partial charge in [0.2, 0.25) is 0 Å². The zero-order valence-electron chi connectivity index (χ0n) is 13.8. The molecule has 2 N–H and O–H groups in total. The minimum Gasteiger partial charge on any atom is -0.377 e. The average Bonchev–Trinajstić information content (AvgIpc) is 2.47. The molecule has 1 heterocycles. The predicted octanol–water partition coefficient (Wildman–Crippen LogP) is 3.48. The molecule has 0 fully saturated rings. The van der Waals surface area contributed by atoms with Gasteiger partial charge in [0.25, 0.3) is 0 Å². The molecular weight excluding hydrogens is 377 g/mol. The summed E-state index contributed by atoms with van der Waals surface area (Å²) < 4.78 is 5.31. The molecule has 21 heavy (non-hydrogen) atoms. The van der Waals surface area contributed by atoms with Gasteiger partial charge in [0.05, 0.1) is 13.2 Å². The van der Waals surface area contributed by atoms with Crippen molar-refractivity contribution in [3.05, 3.63) is 11.6 Å². The molecule has 1 aliphatic heterocycles. The second-order valence-corrected chi connectivity index (χ2v) is 5.48. The molecule has 1 aliphatic rings. The molecule has 0 radical (unpaired) electrons. The Bertz CT molecular complexity index is 319. The summed E-state index contributed by atoms with van der Waals surface area (Å²) in [4.78, 5) is 4.29. The van der Waals surface area contributed by atoms with Gasteiger partial charge in [-0.2, -0.15) is 0 Å². The Balaban J connectivity index is 0.00000400. The molecule has 0 saturated carbocycles. The van der Waals surface area contributed by atoms with E-state index < -0.39 is 0 Å².